The number of aliphatic hydroxyl groups is 2. The number of hydrogen-bond donors (Lipinski definition) is 3. The summed E-state index contributed by atoms with van der Waals surface area (Å²) in [7, 11) is 0. The highest BCUT2D eigenvalue weighted by Gasteiger charge is 2.59. The van der Waals surface area contributed by atoms with E-state index in [9.17, 15) is 33.0 Å². The summed E-state index contributed by atoms with van der Waals surface area (Å²) in [5.41, 5.74) is 0.932. The van der Waals surface area contributed by atoms with Gasteiger partial charge in [0, 0.05) is 23.1 Å². The Kier molecular flexibility index (Phi) is 11.8. The normalized spacial score (nSPS) is 30.0. The summed E-state index contributed by atoms with van der Waals surface area (Å²) in [6, 6.07) is 19.5. The summed E-state index contributed by atoms with van der Waals surface area (Å²) in [6.07, 6.45) is 3.87. The van der Waals surface area contributed by atoms with Gasteiger partial charge in [-0.2, -0.15) is 13.2 Å². The Morgan fingerprint density at radius 3 is 2.41 bits per heavy atom. The van der Waals surface area contributed by atoms with Gasteiger partial charge in [-0.25, -0.2) is 4.79 Å². The molecule has 6 aliphatic rings. The largest absolute Gasteiger partial charge is 0.416 e. The molecule has 3 N–H and O–H groups in total. The Balaban J connectivity index is 1.28. The summed E-state index contributed by atoms with van der Waals surface area (Å²) in [5.74, 6) is 0.648. The van der Waals surface area contributed by atoms with Gasteiger partial charge in [-0.3, -0.25) is 4.79 Å². The van der Waals surface area contributed by atoms with E-state index in [-0.39, 0.29) is 35.5 Å². The number of rotatable bonds is 8. The van der Waals surface area contributed by atoms with Gasteiger partial charge in [-0.1, -0.05) is 87.0 Å². The van der Waals surface area contributed by atoms with Crippen LogP contribution in [-0.2, 0) is 12.6 Å². The fourth-order valence-corrected chi connectivity index (χ4v) is 11.3. The van der Waals surface area contributed by atoms with E-state index in [2.05, 4.69) is 39.1 Å². The number of carbonyl (C=O) groups is 2. The van der Waals surface area contributed by atoms with E-state index < -0.39 is 34.6 Å². The lowest BCUT2D eigenvalue weighted by Crippen LogP contribution is -2.59. The molecule has 0 saturated heterocycles. The van der Waals surface area contributed by atoms with Crippen molar-refractivity contribution in [2.75, 3.05) is 13.1 Å². The first-order valence-corrected chi connectivity index (χ1v) is 21.4. The van der Waals surface area contributed by atoms with Crippen LogP contribution in [0.1, 0.15) is 143 Å². The van der Waals surface area contributed by atoms with E-state index in [1.54, 1.807) is 6.07 Å². The molecule has 312 valence electrons. The zero-order valence-corrected chi connectivity index (χ0v) is 34.7. The SMILES string of the molecule is CC1=CCCC2(C)C(CCC2(O)CN(CC2CCC3CC2C3(C)C)C(=O)NC(C)c2ccccc2)c2ccc(cc2C(=O)c2cccc(C(F)(F)F)c2)CC(O)CC1. The molecule has 0 radical (unpaired) electrons. The number of hydrogen-bond acceptors (Lipinski definition) is 4. The number of amides is 2. The number of alkyl halides is 3. The second kappa shape index (κ2) is 16.2. The highest BCUT2D eigenvalue weighted by Crippen LogP contribution is 2.62. The first-order valence-electron chi connectivity index (χ1n) is 21.4. The number of halogens is 3. The Morgan fingerprint density at radius 2 is 1.71 bits per heavy atom. The molecule has 4 saturated carbocycles. The quantitative estimate of drug-likeness (QED) is 0.156. The first kappa shape index (κ1) is 42.2. The number of urea groups is 1. The fraction of sp³-hybridized carbons (Fsp3) is 0.551. The van der Waals surface area contributed by atoms with E-state index in [0.717, 1.165) is 41.7 Å². The molecule has 8 atom stereocenters. The van der Waals surface area contributed by atoms with E-state index >= 15 is 0 Å². The van der Waals surface area contributed by atoms with Gasteiger partial charge in [-0.15, -0.1) is 0 Å². The summed E-state index contributed by atoms with van der Waals surface area (Å²) < 4.78 is 41.6. The molecule has 9 rings (SSSR count). The number of allylic oxidation sites excluding steroid dienone is 2. The van der Waals surface area contributed by atoms with Crippen LogP contribution in [0, 0.1) is 28.6 Å². The summed E-state index contributed by atoms with van der Waals surface area (Å²) in [6.45, 7) is 11.5. The third kappa shape index (κ3) is 8.27. The molecule has 4 bridgehead atoms. The number of nitrogens with one attached hydrogen (secondary N) is 1. The summed E-state index contributed by atoms with van der Waals surface area (Å²) in [5, 5.41) is 27.5. The lowest BCUT2D eigenvalue weighted by molar-refractivity contribution is -0.137. The Morgan fingerprint density at radius 1 is 0.948 bits per heavy atom. The Hall–Kier alpha value is -3.95. The fourth-order valence-electron chi connectivity index (χ4n) is 11.3. The third-order valence-electron chi connectivity index (χ3n) is 15.2. The van der Waals surface area contributed by atoms with Gasteiger partial charge in [0.1, 0.15) is 0 Å². The molecule has 0 heterocycles. The van der Waals surface area contributed by atoms with E-state index in [4.69, 9.17) is 0 Å². The number of nitrogens with zero attached hydrogens (tertiary/aromatic N) is 1. The molecule has 0 aromatic heterocycles. The zero-order valence-electron chi connectivity index (χ0n) is 34.7. The van der Waals surface area contributed by atoms with Crippen LogP contribution in [0.2, 0.25) is 0 Å². The third-order valence-corrected chi connectivity index (χ3v) is 15.2. The minimum absolute atomic E-state index is 0.0626. The van der Waals surface area contributed by atoms with Crippen LogP contribution in [0.3, 0.4) is 0 Å². The second-order valence-electron chi connectivity index (χ2n) is 19.0. The highest BCUT2D eigenvalue weighted by molar-refractivity contribution is 6.10. The van der Waals surface area contributed by atoms with Gasteiger partial charge in [0.25, 0.3) is 0 Å². The Labute approximate surface area is 342 Å². The van der Waals surface area contributed by atoms with Crippen LogP contribution in [0.15, 0.2) is 84.4 Å². The minimum atomic E-state index is -4.62. The van der Waals surface area contributed by atoms with Crippen LogP contribution in [-0.4, -0.2) is 51.7 Å². The molecule has 9 heteroatoms. The maximum absolute atomic E-state index is 14.6. The molecule has 8 unspecified atom stereocenters. The lowest BCUT2D eigenvalue weighted by Gasteiger charge is -2.60. The van der Waals surface area contributed by atoms with Crippen molar-refractivity contribution in [3.05, 3.63) is 118 Å². The van der Waals surface area contributed by atoms with Crippen LogP contribution in [0.5, 0.6) is 0 Å². The van der Waals surface area contributed by atoms with Crippen molar-refractivity contribution >= 4 is 11.8 Å². The van der Waals surface area contributed by atoms with Crippen molar-refractivity contribution in [1.29, 1.82) is 0 Å². The zero-order chi connectivity index (χ0) is 41.6. The predicted molar refractivity (Wildman–Crippen MR) is 221 cm³/mol. The second-order valence-corrected chi connectivity index (χ2v) is 19.0. The molecular formula is C49H61F3N2O4. The average molecular weight is 799 g/mol. The molecule has 3 aromatic carbocycles. The average Bonchev–Trinajstić information content (AvgIpc) is 3.44. The lowest BCUT2D eigenvalue weighted by atomic mass is 9.45. The number of carbonyl (C=O) groups excluding carboxylic acids is 2. The number of benzene rings is 3. The van der Waals surface area contributed by atoms with Crippen LogP contribution >= 0.6 is 0 Å². The van der Waals surface area contributed by atoms with Crippen LogP contribution < -0.4 is 5.32 Å². The van der Waals surface area contributed by atoms with Crippen LogP contribution in [0.4, 0.5) is 18.0 Å². The standard InChI is InChI=1S/C49H61F3N2O4/c1-31-11-10-23-47(5)42(40-21-17-33(25-39(55)20-16-31)26-41(40)44(56)35-14-9-15-38(27-35)49(50,51)52)22-24-48(47,58)30-54(29-36-18-19-37-28-43(36)46(37,3)4)45(57)53-32(2)34-12-7-6-8-13-34/h6-9,11-15,17,21,26-27,32,36-37,39,42-43,55,58H,10,16,18-20,22-25,28-30H2,1-5H3,(H,53,57). The highest BCUT2D eigenvalue weighted by atomic mass is 19.4. The van der Waals surface area contributed by atoms with E-state index in [1.807, 2.05) is 54.3 Å². The van der Waals surface area contributed by atoms with Crippen molar-refractivity contribution in [3.63, 3.8) is 0 Å². The molecule has 2 amide bonds. The summed E-state index contributed by atoms with van der Waals surface area (Å²) in [4.78, 5) is 30.9. The smallest absolute Gasteiger partial charge is 0.393 e. The van der Waals surface area contributed by atoms with Crippen molar-refractivity contribution in [2.24, 2.45) is 28.6 Å². The summed E-state index contributed by atoms with van der Waals surface area (Å²) >= 11 is 0. The van der Waals surface area contributed by atoms with Crippen molar-refractivity contribution in [2.45, 2.75) is 129 Å². The molecule has 6 aliphatic carbocycles. The maximum Gasteiger partial charge on any atom is 0.416 e. The van der Waals surface area contributed by atoms with E-state index in [0.29, 0.717) is 80.4 Å². The van der Waals surface area contributed by atoms with Gasteiger partial charge < -0.3 is 20.4 Å². The van der Waals surface area contributed by atoms with Gasteiger partial charge in [0.05, 0.1) is 29.9 Å². The molecule has 0 spiro atoms. The van der Waals surface area contributed by atoms with Gasteiger partial charge >= 0.3 is 12.2 Å². The van der Waals surface area contributed by atoms with Crippen LogP contribution in [0.25, 0.3) is 0 Å². The molecule has 6 nitrogen and oxygen atoms in total. The topological polar surface area (TPSA) is 89.9 Å². The molecule has 3 aromatic rings. The predicted octanol–water partition coefficient (Wildman–Crippen LogP) is 10.8. The molecule has 58 heavy (non-hydrogen) atoms. The molecule has 4 fully saturated rings. The first-order chi connectivity index (χ1) is 27.4. The van der Waals surface area contributed by atoms with Gasteiger partial charge in [-0.05, 0) is 142 Å². The minimum Gasteiger partial charge on any atom is -0.393 e. The number of ketones is 1. The van der Waals surface area contributed by atoms with Crippen molar-refractivity contribution < 1.29 is 33.0 Å². The Bertz CT molecular complexity index is 2010. The van der Waals surface area contributed by atoms with Gasteiger partial charge in [0.15, 0.2) is 5.78 Å². The maximum atomic E-state index is 14.6. The molecule has 0 aliphatic heterocycles. The number of fused-ring (bicyclic) bond motifs is 10. The van der Waals surface area contributed by atoms with E-state index in [1.165, 1.54) is 18.6 Å². The monoisotopic (exact) mass is 798 g/mol. The van der Waals surface area contributed by atoms with Crippen molar-refractivity contribution in [1.82, 2.24) is 10.2 Å². The molecular weight excluding hydrogens is 738 g/mol. The number of aliphatic hydroxyl groups excluding tert-OH is 1. The van der Waals surface area contributed by atoms with Gasteiger partial charge in [0.2, 0.25) is 0 Å². The van der Waals surface area contributed by atoms with Crippen molar-refractivity contribution in [3.8, 4) is 0 Å².